The molecule has 1 aliphatic rings. The molecule has 3 N–H and O–H groups in total. The second-order valence-electron chi connectivity index (χ2n) is 4.63. The first-order valence-corrected chi connectivity index (χ1v) is 5.42. The molecule has 0 bridgehead atoms. The summed E-state index contributed by atoms with van der Waals surface area (Å²) < 4.78 is 13.5. The second kappa shape index (κ2) is 3.72. The Kier molecular flexibility index (Phi) is 2.55. The molecule has 15 heavy (non-hydrogen) atoms. The summed E-state index contributed by atoms with van der Waals surface area (Å²) >= 11 is 0. The standard InChI is InChI=1S/C12H17FN2/c1-12(6-2-3-7-12)15-11-5-4-9(14)8-10(11)13/h4-5,8,15H,2-3,6-7,14H2,1H3. The highest BCUT2D eigenvalue weighted by Crippen LogP contribution is 2.33. The van der Waals surface area contributed by atoms with Crippen LogP contribution in [0.3, 0.4) is 0 Å². The summed E-state index contributed by atoms with van der Waals surface area (Å²) in [6.07, 6.45) is 4.66. The van der Waals surface area contributed by atoms with E-state index in [1.807, 2.05) is 0 Å². The van der Waals surface area contributed by atoms with Crippen LogP contribution in [0, 0.1) is 5.82 Å². The van der Waals surface area contributed by atoms with Crippen LogP contribution < -0.4 is 11.1 Å². The Hall–Kier alpha value is -1.25. The molecule has 0 amide bonds. The minimum absolute atomic E-state index is 0.0525. The first-order chi connectivity index (χ1) is 7.09. The van der Waals surface area contributed by atoms with E-state index >= 15 is 0 Å². The SMILES string of the molecule is CC1(Nc2ccc(N)cc2F)CCCC1. The van der Waals surface area contributed by atoms with Crippen molar-refractivity contribution in [2.45, 2.75) is 38.1 Å². The average molecular weight is 208 g/mol. The van der Waals surface area contributed by atoms with Gasteiger partial charge in [-0.3, -0.25) is 0 Å². The first-order valence-electron chi connectivity index (χ1n) is 5.42. The molecule has 3 heteroatoms. The summed E-state index contributed by atoms with van der Waals surface area (Å²) in [5.41, 5.74) is 6.58. The van der Waals surface area contributed by atoms with Gasteiger partial charge in [0, 0.05) is 11.2 Å². The molecule has 0 atom stereocenters. The molecule has 2 nitrogen and oxygen atoms in total. The summed E-state index contributed by atoms with van der Waals surface area (Å²) in [7, 11) is 0. The fraction of sp³-hybridized carbons (Fsp3) is 0.500. The molecule has 0 aromatic heterocycles. The summed E-state index contributed by atoms with van der Waals surface area (Å²) in [6.45, 7) is 2.15. The Bertz CT molecular complexity index is 357. The number of hydrogen-bond acceptors (Lipinski definition) is 2. The zero-order chi connectivity index (χ0) is 10.9. The third-order valence-corrected chi connectivity index (χ3v) is 3.14. The van der Waals surface area contributed by atoms with Gasteiger partial charge in [-0.25, -0.2) is 4.39 Å². The lowest BCUT2D eigenvalue weighted by molar-refractivity contribution is 0.525. The van der Waals surface area contributed by atoms with E-state index in [9.17, 15) is 4.39 Å². The van der Waals surface area contributed by atoms with E-state index in [0.717, 1.165) is 12.8 Å². The molecule has 1 aliphatic carbocycles. The van der Waals surface area contributed by atoms with Gasteiger partial charge in [0.1, 0.15) is 5.82 Å². The number of anilines is 2. The van der Waals surface area contributed by atoms with Crippen molar-refractivity contribution in [3.8, 4) is 0 Å². The molecule has 2 rings (SSSR count). The predicted molar refractivity (Wildman–Crippen MR) is 61.3 cm³/mol. The van der Waals surface area contributed by atoms with Gasteiger partial charge >= 0.3 is 0 Å². The Labute approximate surface area is 89.7 Å². The van der Waals surface area contributed by atoms with Crippen molar-refractivity contribution in [1.29, 1.82) is 0 Å². The van der Waals surface area contributed by atoms with Crippen LogP contribution in [0.25, 0.3) is 0 Å². The zero-order valence-corrected chi connectivity index (χ0v) is 9.02. The molecular formula is C12H17FN2. The third kappa shape index (κ3) is 2.22. The monoisotopic (exact) mass is 208 g/mol. The maximum absolute atomic E-state index is 13.5. The van der Waals surface area contributed by atoms with E-state index in [2.05, 4.69) is 12.2 Å². The van der Waals surface area contributed by atoms with Crippen molar-refractivity contribution in [2.75, 3.05) is 11.1 Å². The maximum atomic E-state index is 13.5. The molecule has 1 fully saturated rings. The minimum Gasteiger partial charge on any atom is -0.399 e. The predicted octanol–water partition coefficient (Wildman–Crippen LogP) is 3.15. The van der Waals surface area contributed by atoms with Crippen LogP contribution in [-0.4, -0.2) is 5.54 Å². The van der Waals surface area contributed by atoms with Gasteiger partial charge in [0.2, 0.25) is 0 Å². The third-order valence-electron chi connectivity index (χ3n) is 3.14. The van der Waals surface area contributed by atoms with Crippen LogP contribution in [0.2, 0.25) is 0 Å². The van der Waals surface area contributed by atoms with Gasteiger partial charge in [-0.2, -0.15) is 0 Å². The number of nitrogens with one attached hydrogen (secondary N) is 1. The van der Waals surface area contributed by atoms with Gasteiger partial charge in [-0.15, -0.1) is 0 Å². The van der Waals surface area contributed by atoms with Gasteiger partial charge in [0.05, 0.1) is 5.69 Å². The maximum Gasteiger partial charge on any atom is 0.148 e. The fourth-order valence-corrected chi connectivity index (χ4v) is 2.24. The van der Waals surface area contributed by atoms with E-state index in [0.29, 0.717) is 11.4 Å². The van der Waals surface area contributed by atoms with Crippen LogP contribution in [0.15, 0.2) is 18.2 Å². The van der Waals surface area contributed by atoms with E-state index in [1.54, 1.807) is 12.1 Å². The first kappa shape index (κ1) is 10.3. The zero-order valence-electron chi connectivity index (χ0n) is 9.02. The van der Waals surface area contributed by atoms with Crippen LogP contribution in [0.1, 0.15) is 32.6 Å². The van der Waals surface area contributed by atoms with Crippen molar-refractivity contribution in [3.05, 3.63) is 24.0 Å². The number of halogens is 1. The lowest BCUT2D eigenvalue weighted by atomic mass is 10.0. The van der Waals surface area contributed by atoms with E-state index < -0.39 is 0 Å². The molecule has 1 aromatic rings. The fourth-order valence-electron chi connectivity index (χ4n) is 2.24. The summed E-state index contributed by atoms with van der Waals surface area (Å²) in [5, 5.41) is 3.28. The molecule has 1 aromatic carbocycles. The molecule has 0 heterocycles. The van der Waals surface area contributed by atoms with Gasteiger partial charge in [-0.05, 0) is 38.0 Å². The smallest absolute Gasteiger partial charge is 0.148 e. The summed E-state index contributed by atoms with van der Waals surface area (Å²) in [6, 6.07) is 4.80. The van der Waals surface area contributed by atoms with Crippen molar-refractivity contribution >= 4 is 11.4 Å². The lowest BCUT2D eigenvalue weighted by Crippen LogP contribution is -2.31. The van der Waals surface area contributed by atoms with Crippen LogP contribution >= 0.6 is 0 Å². The number of rotatable bonds is 2. The number of nitrogen functional groups attached to an aromatic ring is 1. The van der Waals surface area contributed by atoms with E-state index in [4.69, 9.17) is 5.73 Å². The van der Waals surface area contributed by atoms with E-state index in [1.165, 1.54) is 18.9 Å². The second-order valence-corrected chi connectivity index (χ2v) is 4.63. The average Bonchev–Trinajstić information content (AvgIpc) is 2.58. The number of benzene rings is 1. The number of hydrogen-bond donors (Lipinski definition) is 2. The van der Waals surface area contributed by atoms with Gasteiger partial charge in [0.25, 0.3) is 0 Å². The quantitative estimate of drug-likeness (QED) is 0.733. The van der Waals surface area contributed by atoms with Gasteiger partial charge < -0.3 is 11.1 Å². The highest BCUT2D eigenvalue weighted by molar-refractivity contribution is 5.54. The van der Waals surface area contributed by atoms with Crippen molar-refractivity contribution in [2.24, 2.45) is 0 Å². The Morgan fingerprint density at radius 3 is 2.60 bits per heavy atom. The molecule has 0 unspecified atom stereocenters. The van der Waals surface area contributed by atoms with Gasteiger partial charge in [-0.1, -0.05) is 12.8 Å². The van der Waals surface area contributed by atoms with Crippen LogP contribution in [-0.2, 0) is 0 Å². The van der Waals surface area contributed by atoms with Crippen LogP contribution in [0.5, 0.6) is 0 Å². The van der Waals surface area contributed by atoms with Crippen molar-refractivity contribution in [1.82, 2.24) is 0 Å². The normalized spacial score (nSPS) is 19.1. The summed E-state index contributed by atoms with van der Waals surface area (Å²) in [5.74, 6) is -0.261. The molecule has 0 saturated heterocycles. The van der Waals surface area contributed by atoms with Crippen LogP contribution in [0.4, 0.5) is 15.8 Å². The molecular weight excluding hydrogens is 191 g/mol. The molecule has 0 radical (unpaired) electrons. The largest absolute Gasteiger partial charge is 0.399 e. The summed E-state index contributed by atoms with van der Waals surface area (Å²) in [4.78, 5) is 0. The number of nitrogens with two attached hydrogens (primary N) is 1. The van der Waals surface area contributed by atoms with Gasteiger partial charge in [0.15, 0.2) is 0 Å². The highest BCUT2D eigenvalue weighted by Gasteiger charge is 2.28. The molecule has 0 aliphatic heterocycles. The lowest BCUT2D eigenvalue weighted by Gasteiger charge is -2.27. The van der Waals surface area contributed by atoms with Crippen molar-refractivity contribution < 1.29 is 4.39 Å². The molecule has 0 spiro atoms. The topological polar surface area (TPSA) is 38.0 Å². The Morgan fingerprint density at radius 2 is 2.00 bits per heavy atom. The minimum atomic E-state index is -0.261. The highest BCUT2D eigenvalue weighted by atomic mass is 19.1. The molecule has 82 valence electrons. The Balaban J connectivity index is 2.16. The van der Waals surface area contributed by atoms with Crippen molar-refractivity contribution in [3.63, 3.8) is 0 Å². The van der Waals surface area contributed by atoms with E-state index in [-0.39, 0.29) is 11.4 Å². The molecule has 1 saturated carbocycles. The Morgan fingerprint density at radius 1 is 1.33 bits per heavy atom.